The number of carbonyl (C=O) groups is 1. The van der Waals surface area contributed by atoms with Crippen molar-refractivity contribution in [2.75, 3.05) is 0 Å². The van der Waals surface area contributed by atoms with Crippen LogP contribution in [-0.2, 0) is 11.2 Å². The summed E-state index contributed by atoms with van der Waals surface area (Å²) in [5.74, 6) is 1.24. The minimum absolute atomic E-state index is 0.00867. The molecule has 0 aliphatic carbocycles. The van der Waals surface area contributed by atoms with E-state index < -0.39 is 0 Å². The van der Waals surface area contributed by atoms with Gasteiger partial charge in [-0.2, -0.15) is 0 Å². The molecule has 0 spiro atoms. The van der Waals surface area contributed by atoms with E-state index in [0.717, 1.165) is 12.8 Å². The third-order valence-corrected chi connectivity index (χ3v) is 3.53. The topological polar surface area (TPSA) is 74.8 Å². The predicted octanol–water partition coefficient (Wildman–Crippen LogP) is 2.26. The van der Waals surface area contributed by atoms with Crippen LogP contribution in [0.5, 0.6) is 0 Å². The Morgan fingerprint density at radius 3 is 2.48 bits per heavy atom. The molecule has 0 bridgehead atoms. The number of aromatic nitrogens is 2. The minimum Gasteiger partial charge on any atom is -0.354 e. The molecule has 2 N–H and O–H groups in total. The Bertz CT molecular complexity index is 535. The third-order valence-electron chi connectivity index (χ3n) is 3.53. The van der Waals surface area contributed by atoms with E-state index in [1.165, 1.54) is 0 Å². The SMILES string of the molecule is Cc1nc(C)c(CCC(=O)NC(C)CCC(C)C)c(=O)[nH]1. The first-order valence-electron chi connectivity index (χ1n) is 7.65. The number of H-pyrrole nitrogens is 1. The third kappa shape index (κ3) is 6.10. The summed E-state index contributed by atoms with van der Waals surface area (Å²) in [5, 5.41) is 2.98. The smallest absolute Gasteiger partial charge is 0.254 e. The molecule has 118 valence electrons. The largest absolute Gasteiger partial charge is 0.354 e. The van der Waals surface area contributed by atoms with E-state index in [2.05, 4.69) is 29.1 Å². The van der Waals surface area contributed by atoms with Crippen molar-refractivity contribution in [3.63, 3.8) is 0 Å². The van der Waals surface area contributed by atoms with Crippen molar-refractivity contribution < 1.29 is 4.79 Å². The second-order valence-electron chi connectivity index (χ2n) is 6.16. The van der Waals surface area contributed by atoms with Crippen molar-refractivity contribution in [1.82, 2.24) is 15.3 Å². The zero-order chi connectivity index (χ0) is 16.0. The van der Waals surface area contributed by atoms with Crippen molar-refractivity contribution in [2.45, 2.75) is 66.3 Å². The van der Waals surface area contributed by atoms with Crippen molar-refractivity contribution in [3.05, 3.63) is 27.4 Å². The van der Waals surface area contributed by atoms with Gasteiger partial charge in [-0.1, -0.05) is 13.8 Å². The van der Waals surface area contributed by atoms with E-state index in [0.29, 0.717) is 35.8 Å². The Labute approximate surface area is 126 Å². The van der Waals surface area contributed by atoms with E-state index in [1.807, 2.05) is 6.92 Å². The van der Waals surface area contributed by atoms with Gasteiger partial charge in [-0.25, -0.2) is 4.98 Å². The summed E-state index contributed by atoms with van der Waals surface area (Å²) < 4.78 is 0. The van der Waals surface area contributed by atoms with Crippen LogP contribution in [0.15, 0.2) is 4.79 Å². The molecule has 5 heteroatoms. The van der Waals surface area contributed by atoms with Gasteiger partial charge >= 0.3 is 0 Å². The lowest BCUT2D eigenvalue weighted by atomic mass is 10.0. The molecule has 0 aliphatic rings. The maximum absolute atomic E-state index is 11.9. The quantitative estimate of drug-likeness (QED) is 0.809. The van der Waals surface area contributed by atoms with Crippen molar-refractivity contribution in [2.24, 2.45) is 5.92 Å². The van der Waals surface area contributed by atoms with Crippen molar-refractivity contribution in [1.29, 1.82) is 0 Å². The highest BCUT2D eigenvalue weighted by molar-refractivity contribution is 5.76. The van der Waals surface area contributed by atoms with E-state index >= 15 is 0 Å². The molecule has 5 nitrogen and oxygen atoms in total. The molecular formula is C16H27N3O2. The summed E-state index contributed by atoms with van der Waals surface area (Å²) in [6.07, 6.45) is 2.83. The molecule has 1 unspecified atom stereocenters. The molecule has 0 saturated heterocycles. The van der Waals surface area contributed by atoms with E-state index in [1.54, 1.807) is 13.8 Å². The zero-order valence-electron chi connectivity index (χ0n) is 13.7. The van der Waals surface area contributed by atoms with Crippen LogP contribution in [0.2, 0.25) is 0 Å². The Morgan fingerprint density at radius 2 is 1.90 bits per heavy atom. The van der Waals surface area contributed by atoms with Crippen LogP contribution in [0.25, 0.3) is 0 Å². The highest BCUT2D eigenvalue weighted by atomic mass is 16.1. The molecule has 21 heavy (non-hydrogen) atoms. The van der Waals surface area contributed by atoms with Gasteiger partial charge in [0.15, 0.2) is 0 Å². The molecule has 0 aromatic carbocycles. The monoisotopic (exact) mass is 293 g/mol. The summed E-state index contributed by atoms with van der Waals surface area (Å²) in [4.78, 5) is 30.7. The van der Waals surface area contributed by atoms with Crippen LogP contribution in [0, 0.1) is 19.8 Å². The number of aromatic amines is 1. The average molecular weight is 293 g/mol. The number of aryl methyl sites for hydroxylation is 2. The number of hydrogen-bond donors (Lipinski definition) is 2. The van der Waals surface area contributed by atoms with E-state index in [4.69, 9.17) is 0 Å². The van der Waals surface area contributed by atoms with Crippen molar-refractivity contribution in [3.8, 4) is 0 Å². The Morgan fingerprint density at radius 1 is 1.24 bits per heavy atom. The normalized spacial score (nSPS) is 12.5. The summed E-state index contributed by atoms with van der Waals surface area (Å²) >= 11 is 0. The van der Waals surface area contributed by atoms with Gasteiger partial charge in [0.1, 0.15) is 5.82 Å². The molecule has 1 aromatic heterocycles. The van der Waals surface area contributed by atoms with Gasteiger partial charge in [0.05, 0.1) is 0 Å². The number of nitrogens with one attached hydrogen (secondary N) is 2. The van der Waals surface area contributed by atoms with Gasteiger partial charge < -0.3 is 10.3 Å². The second kappa shape index (κ2) is 7.96. The number of amides is 1. The Kier molecular flexibility index (Phi) is 6.59. The lowest BCUT2D eigenvalue weighted by Crippen LogP contribution is -2.33. The first-order valence-corrected chi connectivity index (χ1v) is 7.65. The maximum atomic E-state index is 11.9. The molecule has 0 saturated carbocycles. The summed E-state index contributed by atoms with van der Waals surface area (Å²) in [7, 11) is 0. The first kappa shape index (κ1) is 17.4. The van der Waals surface area contributed by atoms with Gasteiger partial charge in [-0.3, -0.25) is 9.59 Å². The lowest BCUT2D eigenvalue weighted by Gasteiger charge is -2.15. The minimum atomic E-state index is -0.138. The first-order chi connectivity index (χ1) is 9.79. The van der Waals surface area contributed by atoms with E-state index in [-0.39, 0.29) is 17.5 Å². The standard InChI is InChI=1S/C16H27N3O2/c1-10(2)6-7-11(3)17-15(20)9-8-14-12(4)18-13(5)19-16(14)21/h10-11H,6-9H2,1-5H3,(H,17,20)(H,18,19,21). The molecular weight excluding hydrogens is 266 g/mol. The van der Waals surface area contributed by atoms with Crippen LogP contribution in [0.1, 0.15) is 57.1 Å². The van der Waals surface area contributed by atoms with Crippen LogP contribution in [0.4, 0.5) is 0 Å². The van der Waals surface area contributed by atoms with Crippen LogP contribution in [0.3, 0.4) is 0 Å². The molecule has 0 radical (unpaired) electrons. The molecule has 1 aromatic rings. The maximum Gasteiger partial charge on any atom is 0.254 e. The Balaban J connectivity index is 2.48. The van der Waals surface area contributed by atoms with E-state index in [9.17, 15) is 9.59 Å². The fourth-order valence-electron chi connectivity index (χ4n) is 2.29. The molecule has 1 heterocycles. The molecule has 1 atom stereocenters. The zero-order valence-corrected chi connectivity index (χ0v) is 13.7. The molecule has 1 rings (SSSR count). The van der Waals surface area contributed by atoms with Gasteiger partial charge in [0.25, 0.3) is 5.56 Å². The summed E-state index contributed by atoms with van der Waals surface area (Å²) in [6, 6.07) is 0.176. The molecule has 1 amide bonds. The second-order valence-corrected chi connectivity index (χ2v) is 6.16. The summed E-state index contributed by atoms with van der Waals surface area (Å²) in [6.45, 7) is 9.93. The number of rotatable bonds is 7. The Hall–Kier alpha value is -1.65. The van der Waals surface area contributed by atoms with Gasteiger partial charge in [0.2, 0.25) is 5.91 Å². The number of hydrogen-bond acceptors (Lipinski definition) is 3. The fraction of sp³-hybridized carbons (Fsp3) is 0.688. The highest BCUT2D eigenvalue weighted by Crippen LogP contribution is 2.07. The van der Waals surface area contributed by atoms with Crippen LogP contribution < -0.4 is 10.9 Å². The lowest BCUT2D eigenvalue weighted by molar-refractivity contribution is -0.121. The van der Waals surface area contributed by atoms with Gasteiger partial charge in [-0.05, 0) is 46.0 Å². The van der Waals surface area contributed by atoms with Gasteiger partial charge in [-0.15, -0.1) is 0 Å². The highest BCUT2D eigenvalue weighted by Gasteiger charge is 2.11. The summed E-state index contributed by atoms with van der Waals surface area (Å²) in [5.41, 5.74) is 1.17. The average Bonchev–Trinajstić information content (AvgIpc) is 2.34. The number of nitrogens with zero attached hydrogens (tertiary/aromatic N) is 1. The fourth-order valence-corrected chi connectivity index (χ4v) is 2.29. The molecule has 0 fully saturated rings. The van der Waals surface area contributed by atoms with Crippen molar-refractivity contribution >= 4 is 5.91 Å². The van der Waals surface area contributed by atoms with Gasteiger partial charge in [0, 0.05) is 23.7 Å². The predicted molar refractivity (Wildman–Crippen MR) is 84.3 cm³/mol. The number of carbonyl (C=O) groups excluding carboxylic acids is 1. The molecule has 0 aliphatic heterocycles. The van der Waals surface area contributed by atoms with Crippen LogP contribution >= 0.6 is 0 Å². The van der Waals surface area contributed by atoms with Crippen LogP contribution in [-0.4, -0.2) is 21.9 Å².